The molecular weight excluding hydrogens is 316 g/mol. The molecule has 3 rings (SSSR count). The number of methoxy groups -OCH3 is 1. The Morgan fingerprint density at radius 2 is 2.17 bits per heavy atom. The van der Waals surface area contributed by atoms with E-state index < -0.39 is 6.10 Å². The van der Waals surface area contributed by atoms with Gasteiger partial charge in [0.25, 0.3) is 0 Å². The molecule has 1 aromatic carbocycles. The van der Waals surface area contributed by atoms with Crippen LogP contribution in [0.3, 0.4) is 0 Å². The molecular formula is C15H16N4O3S. The number of aliphatic hydroxyl groups is 2. The van der Waals surface area contributed by atoms with Crippen molar-refractivity contribution in [2.75, 3.05) is 13.7 Å². The average molecular weight is 332 g/mol. The zero-order valence-corrected chi connectivity index (χ0v) is 13.3. The molecule has 0 saturated carbocycles. The lowest BCUT2D eigenvalue weighted by Crippen LogP contribution is -2.20. The van der Waals surface area contributed by atoms with E-state index in [9.17, 15) is 5.11 Å². The molecule has 2 aromatic heterocycles. The molecule has 8 heteroatoms. The molecule has 23 heavy (non-hydrogen) atoms. The Morgan fingerprint density at radius 3 is 2.96 bits per heavy atom. The van der Waals surface area contributed by atoms with Gasteiger partial charge in [-0.3, -0.25) is 0 Å². The van der Waals surface area contributed by atoms with Gasteiger partial charge in [-0.25, -0.2) is 9.67 Å². The molecule has 0 saturated heterocycles. The van der Waals surface area contributed by atoms with E-state index in [0.29, 0.717) is 5.69 Å². The van der Waals surface area contributed by atoms with Crippen LogP contribution in [0.1, 0.15) is 0 Å². The van der Waals surface area contributed by atoms with Gasteiger partial charge < -0.3 is 14.9 Å². The number of benzene rings is 1. The van der Waals surface area contributed by atoms with Crippen LogP contribution >= 0.6 is 11.3 Å². The van der Waals surface area contributed by atoms with Gasteiger partial charge in [-0.05, 0) is 12.1 Å². The zero-order chi connectivity index (χ0) is 16.2. The molecule has 0 aliphatic heterocycles. The maximum atomic E-state index is 9.44. The molecule has 0 spiro atoms. The Morgan fingerprint density at radius 1 is 1.35 bits per heavy atom. The lowest BCUT2D eigenvalue weighted by atomic mass is 10.2. The van der Waals surface area contributed by atoms with Crippen LogP contribution in [0.2, 0.25) is 0 Å². The summed E-state index contributed by atoms with van der Waals surface area (Å²) >= 11 is 1.49. The first-order valence-electron chi connectivity index (χ1n) is 7.00. The summed E-state index contributed by atoms with van der Waals surface area (Å²) in [5.41, 5.74) is 1.60. The van der Waals surface area contributed by atoms with Gasteiger partial charge in [-0.1, -0.05) is 17.3 Å². The number of ether oxygens (including phenoxy) is 1. The van der Waals surface area contributed by atoms with Crippen molar-refractivity contribution < 1.29 is 14.9 Å². The van der Waals surface area contributed by atoms with Crippen LogP contribution in [0.15, 0.2) is 36.7 Å². The first-order valence-corrected chi connectivity index (χ1v) is 7.81. The molecule has 0 aliphatic rings. The predicted octanol–water partition coefficient (Wildman–Crippen LogP) is 1.43. The van der Waals surface area contributed by atoms with E-state index in [4.69, 9.17) is 9.84 Å². The van der Waals surface area contributed by atoms with E-state index in [2.05, 4.69) is 15.3 Å². The summed E-state index contributed by atoms with van der Waals surface area (Å²) in [6.07, 6.45) is 2.61. The van der Waals surface area contributed by atoms with Gasteiger partial charge in [0.15, 0.2) is 0 Å². The zero-order valence-electron chi connectivity index (χ0n) is 12.5. The largest absolute Gasteiger partial charge is 0.496 e. The van der Waals surface area contributed by atoms with Crippen molar-refractivity contribution in [3.05, 3.63) is 36.7 Å². The quantitative estimate of drug-likeness (QED) is 0.709. The van der Waals surface area contributed by atoms with E-state index >= 15 is 0 Å². The fraction of sp³-hybridized carbons (Fsp3) is 0.267. The lowest BCUT2D eigenvalue weighted by molar-refractivity contribution is 0.0778. The Balaban J connectivity index is 1.85. The van der Waals surface area contributed by atoms with Crippen LogP contribution in [0, 0.1) is 0 Å². The molecule has 2 heterocycles. The molecule has 7 nitrogen and oxygen atoms in total. The molecule has 0 fully saturated rings. The van der Waals surface area contributed by atoms with Crippen molar-refractivity contribution in [2.45, 2.75) is 12.6 Å². The third-order valence-corrected chi connectivity index (χ3v) is 4.30. The van der Waals surface area contributed by atoms with E-state index in [1.807, 2.05) is 24.3 Å². The number of aliphatic hydroxyl groups excluding tert-OH is 2. The Hall–Kier alpha value is -2.29. The van der Waals surface area contributed by atoms with Crippen LogP contribution in [0.4, 0.5) is 0 Å². The first kappa shape index (κ1) is 15.6. The van der Waals surface area contributed by atoms with Gasteiger partial charge in [0, 0.05) is 6.20 Å². The monoisotopic (exact) mass is 332 g/mol. The smallest absolute Gasteiger partial charge is 0.129 e. The number of para-hydroxylation sites is 1. The number of rotatable bonds is 6. The molecule has 0 amide bonds. The van der Waals surface area contributed by atoms with Gasteiger partial charge in [0.1, 0.15) is 16.5 Å². The van der Waals surface area contributed by atoms with Crippen molar-refractivity contribution in [1.29, 1.82) is 0 Å². The first-order chi connectivity index (χ1) is 11.2. The number of thiazole rings is 1. The van der Waals surface area contributed by atoms with E-state index in [1.54, 1.807) is 19.5 Å². The average Bonchev–Trinajstić information content (AvgIpc) is 3.23. The van der Waals surface area contributed by atoms with Gasteiger partial charge in [0.2, 0.25) is 0 Å². The Labute approximate surface area is 136 Å². The minimum Gasteiger partial charge on any atom is -0.496 e. The molecule has 120 valence electrons. The van der Waals surface area contributed by atoms with Gasteiger partial charge in [-0.2, -0.15) is 0 Å². The van der Waals surface area contributed by atoms with Crippen molar-refractivity contribution in [2.24, 2.45) is 0 Å². The van der Waals surface area contributed by atoms with E-state index in [0.717, 1.165) is 21.2 Å². The predicted molar refractivity (Wildman–Crippen MR) is 86.2 cm³/mol. The highest BCUT2D eigenvalue weighted by Gasteiger charge is 2.13. The van der Waals surface area contributed by atoms with Gasteiger partial charge in [0.05, 0.1) is 43.0 Å². The minimum absolute atomic E-state index is 0.196. The van der Waals surface area contributed by atoms with Gasteiger partial charge in [-0.15, -0.1) is 16.4 Å². The summed E-state index contributed by atoms with van der Waals surface area (Å²) < 4.78 is 6.86. The summed E-state index contributed by atoms with van der Waals surface area (Å²) in [6.45, 7) is -0.116. The highest BCUT2D eigenvalue weighted by Crippen LogP contribution is 2.35. The topological polar surface area (TPSA) is 93.3 Å². The molecule has 2 N–H and O–H groups in total. The van der Waals surface area contributed by atoms with Crippen molar-refractivity contribution in [1.82, 2.24) is 20.0 Å². The summed E-state index contributed by atoms with van der Waals surface area (Å²) in [5.74, 6) is 0.767. The normalized spacial score (nSPS) is 12.3. The number of hydrogen-bond donors (Lipinski definition) is 2. The van der Waals surface area contributed by atoms with Crippen LogP contribution < -0.4 is 4.74 Å². The third kappa shape index (κ3) is 3.39. The van der Waals surface area contributed by atoms with Crippen LogP contribution in [-0.2, 0) is 6.54 Å². The van der Waals surface area contributed by atoms with Crippen molar-refractivity contribution in [3.63, 3.8) is 0 Å². The summed E-state index contributed by atoms with van der Waals surface area (Å²) in [7, 11) is 1.63. The van der Waals surface area contributed by atoms with Gasteiger partial charge >= 0.3 is 0 Å². The summed E-state index contributed by atoms with van der Waals surface area (Å²) in [6, 6.07) is 7.69. The molecule has 3 aromatic rings. The second kappa shape index (κ2) is 6.86. The highest BCUT2D eigenvalue weighted by atomic mass is 32.1. The molecule has 1 unspecified atom stereocenters. The number of nitrogens with zero attached hydrogens (tertiary/aromatic N) is 4. The van der Waals surface area contributed by atoms with Crippen LogP contribution in [-0.4, -0.2) is 50.0 Å². The second-order valence-corrected chi connectivity index (χ2v) is 5.92. The van der Waals surface area contributed by atoms with E-state index in [1.165, 1.54) is 16.0 Å². The van der Waals surface area contributed by atoms with Crippen LogP contribution in [0.5, 0.6) is 5.75 Å². The number of aromatic nitrogens is 4. The molecule has 0 radical (unpaired) electrons. The minimum atomic E-state index is -0.852. The highest BCUT2D eigenvalue weighted by molar-refractivity contribution is 7.18. The fourth-order valence-corrected chi connectivity index (χ4v) is 3.01. The Kier molecular flexibility index (Phi) is 4.65. The summed E-state index contributed by atoms with van der Waals surface area (Å²) in [5, 5.41) is 27.2. The standard InChI is InChI=1S/C15H16N4O3S/c1-22-13-5-3-2-4-11(13)15-16-6-14(23-15)12-8-19(18-17-12)7-10(21)9-20/h2-6,8,10,20-21H,7,9H2,1H3. The summed E-state index contributed by atoms with van der Waals surface area (Å²) in [4.78, 5) is 5.30. The van der Waals surface area contributed by atoms with E-state index in [-0.39, 0.29) is 13.2 Å². The maximum Gasteiger partial charge on any atom is 0.129 e. The van der Waals surface area contributed by atoms with Crippen molar-refractivity contribution in [3.8, 4) is 26.9 Å². The Bertz CT molecular complexity index is 786. The SMILES string of the molecule is COc1ccccc1-c1ncc(-c2cn(CC(O)CO)nn2)s1. The fourth-order valence-electron chi connectivity index (χ4n) is 2.11. The lowest BCUT2D eigenvalue weighted by Gasteiger charge is -2.04. The van der Waals surface area contributed by atoms with Crippen LogP contribution in [0.25, 0.3) is 21.1 Å². The maximum absolute atomic E-state index is 9.44. The third-order valence-electron chi connectivity index (χ3n) is 3.24. The molecule has 0 bridgehead atoms. The number of hydrogen-bond acceptors (Lipinski definition) is 7. The van der Waals surface area contributed by atoms with Crippen molar-refractivity contribution >= 4 is 11.3 Å². The molecule has 0 aliphatic carbocycles. The molecule has 1 atom stereocenters. The second-order valence-electron chi connectivity index (χ2n) is 4.89.